The van der Waals surface area contributed by atoms with Gasteiger partial charge in [0.1, 0.15) is 11.6 Å². The maximum Gasteiger partial charge on any atom is 0.348 e. The van der Waals surface area contributed by atoms with E-state index in [9.17, 15) is 9.59 Å². The van der Waals surface area contributed by atoms with Gasteiger partial charge in [-0.1, -0.05) is 12.1 Å². The number of hydrogen-bond donors (Lipinski definition) is 1. The number of rotatable bonds is 3. The van der Waals surface area contributed by atoms with E-state index in [-0.39, 0.29) is 11.1 Å². The Morgan fingerprint density at radius 3 is 2.35 bits per heavy atom. The van der Waals surface area contributed by atoms with Crippen LogP contribution < -0.4 is 0 Å². The summed E-state index contributed by atoms with van der Waals surface area (Å²) in [5.74, 6) is -1.76. The minimum atomic E-state index is -1.03. The van der Waals surface area contributed by atoms with Crippen molar-refractivity contribution in [1.29, 1.82) is 5.26 Å². The van der Waals surface area contributed by atoms with E-state index in [1.807, 2.05) is 0 Å². The fourth-order valence-electron chi connectivity index (χ4n) is 1.14. The second-order valence-corrected chi connectivity index (χ2v) is 3.09. The molecule has 0 aliphatic carbocycles. The molecule has 5 heteroatoms. The van der Waals surface area contributed by atoms with E-state index >= 15 is 0 Å². The number of carbonyl (C=O) groups excluding carboxylic acids is 1. The minimum Gasteiger partial charge on any atom is -0.478 e. The Hall–Kier alpha value is -2.61. The van der Waals surface area contributed by atoms with Gasteiger partial charge in [0.2, 0.25) is 0 Å². The maximum absolute atomic E-state index is 11.1. The molecule has 1 aromatic rings. The highest BCUT2D eigenvalue weighted by Gasteiger charge is 2.08. The number of carboxylic acid groups (broad SMARTS) is 1. The molecule has 0 bridgehead atoms. The quantitative estimate of drug-likeness (QED) is 0.483. The van der Waals surface area contributed by atoms with Crippen LogP contribution in [0.5, 0.6) is 0 Å². The summed E-state index contributed by atoms with van der Waals surface area (Å²) in [5.41, 5.74) is 0.547. The fourth-order valence-corrected chi connectivity index (χ4v) is 1.14. The van der Waals surface area contributed by atoms with E-state index in [0.717, 1.165) is 0 Å². The Kier molecular flexibility index (Phi) is 4.01. The van der Waals surface area contributed by atoms with E-state index in [2.05, 4.69) is 4.74 Å². The molecule has 0 amide bonds. The Bertz CT molecular complexity index is 508. The molecule has 0 atom stereocenters. The SMILES string of the molecule is COC(=O)/C(C#N)=C/c1ccc(C(=O)O)cc1. The summed E-state index contributed by atoms with van der Waals surface area (Å²) in [6.07, 6.45) is 1.33. The van der Waals surface area contributed by atoms with Crippen LogP contribution >= 0.6 is 0 Å². The molecule has 0 aliphatic heterocycles. The Labute approximate surface area is 97.6 Å². The van der Waals surface area contributed by atoms with Crippen molar-refractivity contribution in [3.63, 3.8) is 0 Å². The average Bonchev–Trinajstić information content (AvgIpc) is 2.35. The van der Waals surface area contributed by atoms with Crippen LogP contribution in [0.2, 0.25) is 0 Å². The van der Waals surface area contributed by atoms with E-state index in [1.165, 1.54) is 37.5 Å². The predicted molar refractivity (Wildman–Crippen MR) is 59.0 cm³/mol. The first-order chi connectivity index (χ1) is 8.08. The molecule has 86 valence electrons. The lowest BCUT2D eigenvalue weighted by molar-refractivity contribution is -0.135. The Morgan fingerprint density at radius 2 is 1.94 bits per heavy atom. The Balaban J connectivity index is 3.02. The van der Waals surface area contributed by atoms with Crippen molar-refractivity contribution < 1.29 is 19.4 Å². The highest BCUT2D eigenvalue weighted by molar-refractivity contribution is 5.98. The second kappa shape index (κ2) is 5.47. The van der Waals surface area contributed by atoms with Crippen LogP contribution in [0.1, 0.15) is 15.9 Å². The first-order valence-electron chi connectivity index (χ1n) is 4.62. The topological polar surface area (TPSA) is 87.4 Å². The number of hydrogen-bond acceptors (Lipinski definition) is 4. The number of benzene rings is 1. The summed E-state index contributed by atoms with van der Waals surface area (Å²) in [6.45, 7) is 0. The predicted octanol–water partition coefficient (Wildman–Crippen LogP) is 1.46. The summed E-state index contributed by atoms with van der Waals surface area (Å²) in [6, 6.07) is 7.49. The fraction of sp³-hybridized carbons (Fsp3) is 0.0833. The Morgan fingerprint density at radius 1 is 1.35 bits per heavy atom. The van der Waals surface area contributed by atoms with Crippen molar-refractivity contribution in [2.75, 3.05) is 7.11 Å². The third-order valence-corrected chi connectivity index (χ3v) is 1.99. The van der Waals surface area contributed by atoms with Gasteiger partial charge in [-0.05, 0) is 23.8 Å². The minimum absolute atomic E-state index is 0.138. The van der Waals surface area contributed by atoms with Gasteiger partial charge in [-0.2, -0.15) is 5.26 Å². The van der Waals surface area contributed by atoms with E-state index in [1.54, 1.807) is 6.07 Å². The molecule has 0 radical (unpaired) electrons. The van der Waals surface area contributed by atoms with Gasteiger partial charge in [-0.15, -0.1) is 0 Å². The van der Waals surface area contributed by atoms with Gasteiger partial charge >= 0.3 is 11.9 Å². The molecule has 0 unspecified atom stereocenters. The number of methoxy groups -OCH3 is 1. The van der Waals surface area contributed by atoms with Crippen molar-refractivity contribution in [3.8, 4) is 6.07 Å². The molecule has 0 saturated carbocycles. The molecule has 1 N–H and O–H groups in total. The number of carbonyl (C=O) groups is 2. The molecule has 17 heavy (non-hydrogen) atoms. The number of nitrogens with zero attached hydrogens (tertiary/aromatic N) is 1. The third-order valence-electron chi connectivity index (χ3n) is 1.99. The molecule has 0 aromatic heterocycles. The smallest absolute Gasteiger partial charge is 0.348 e. The zero-order valence-electron chi connectivity index (χ0n) is 9.01. The molecule has 0 saturated heterocycles. The van der Waals surface area contributed by atoms with Crippen LogP contribution in [0, 0.1) is 11.3 Å². The molecule has 0 heterocycles. The van der Waals surface area contributed by atoms with Crippen LogP contribution in [0.4, 0.5) is 0 Å². The van der Waals surface area contributed by atoms with Crippen molar-refractivity contribution in [3.05, 3.63) is 41.0 Å². The summed E-state index contributed by atoms with van der Waals surface area (Å²) in [7, 11) is 1.18. The van der Waals surface area contributed by atoms with Crippen LogP contribution in [-0.4, -0.2) is 24.2 Å². The van der Waals surface area contributed by atoms with Crippen LogP contribution in [-0.2, 0) is 9.53 Å². The summed E-state index contributed by atoms with van der Waals surface area (Å²) >= 11 is 0. The van der Waals surface area contributed by atoms with Gasteiger partial charge in [0, 0.05) is 0 Å². The van der Waals surface area contributed by atoms with E-state index in [4.69, 9.17) is 10.4 Å². The van der Waals surface area contributed by atoms with E-state index in [0.29, 0.717) is 5.56 Å². The van der Waals surface area contributed by atoms with Gasteiger partial charge in [0.15, 0.2) is 0 Å². The van der Waals surface area contributed by atoms with Gasteiger partial charge in [0.05, 0.1) is 12.7 Å². The van der Waals surface area contributed by atoms with Crippen molar-refractivity contribution in [1.82, 2.24) is 0 Å². The van der Waals surface area contributed by atoms with Crippen molar-refractivity contribution in [2.24, 2.45) is 0 Å². The zero-order valence-corrected chi connectivity index (χ0v) is 9.01. The molecule has 0 aliphatic rings. The first-order valence-corrected chi connectivity index (χ1v) is 4.62. The van der Waals surface area contributed by atoms with Gasteiger partial charge in [-0.3, -0.25) is 0 Å². The van der Waals surface area contributed by atoms with Crippen LogP contribution in [0.15, 0.2) is 29.8 Å². The molecular weight excluding hydrogens is 222 g/mol. The molecule has 5 nitrogen and oxygen atoms in total. The number of nitriles is 1. The van der Waals surface area contributed by atoms with Gasteiger partial charge in [-0.25, -0.2) is 9.59 Å². The average molecular weight is 231 g/mol. The highest BCUT2D eigenvalue weighted by Crippen LogP contribution is 2.09. The number of esters is 1. The van der Waals surface area contributed by atoms with Gasteiger partial charge < -0.3 is 9.84 Å². The number of ether oxygens (including phenoxy) is 1. The lowest BCUT2D eigenvalue weighted by Gasteiger charge is -1.98. The lowest BCUT2D eigenvalue weighted by Crippen LogP contribution is -2.02. The lowest BCUT2D eigenvalue weighted by atomic mass is 10.1. The standard InChI is InChI=1S/C12H9NO4/c1-17-12(16)10(7-13)6-8-2-4-9(5-3-8)11(14)15/h2-6H,1H3,(H,14,15)/b10-6+. The summed E-state index contributed by atoms with van der Waals surface area (Å²) in [4.78, 5) is 21.7. The normalized spacial score (nSPS) is 10.5. The van der Waals surface area contributed by atoms with Crippen LogP contribution in [0.25, 0.3) is 6.08 Å². The first kappa shape index (κ1) is 12.5. The summed E-state index contributed by atoms with van der Waals surface area (Å²) < 4.78 is 4.41. The van der Waals surface area contributed by atoms with Gasteiger partial charge in [0.25, 0.3) is 0 Å². The number of aromatic carboxylic acids is 1. The monoisotopic (exact) mass is 231 g/mol. The zero-order chi connectivity index (χ0) is 12.8. The molecule has 1 rings (SSSR count). The largest absolute Gasteiger partial charge is 0.478 e. The summed E-state index contributed by atoms with van der Waals surface area (Å²) in [5, 5.41) is 17.4. The molecular formula is C12H9NO4. The molecule has 0 spiro atoms. The van der Waals surface area contributed by atoms with Crippen molar-refractivity contribution >= 4 is 18.0 Å². The van der Waals surface area contributed by atoms with Crippen LogP contribution in [0.3, 0.4) is 0 Å². The molecule has 0 fully saturated rings. The van der Waals surface area contributed by atoms with E-state index < -0.39 is 11.9 Å². The number of carboxylic acids is 1. The van der Waals surface area contributed by atoms with Crippen molar-refractivity contribution in [2.45, 2.75) is 0 Å². The molecule has 1 aromatic carbocycles. The maximum atomic E-state index is 11.1. The highest BCUT2D eigenvalue weighted by atomic mass is 16.5. The third kappa shape index (κ3) is 3.18. The second-order valence-electron chi connectivity index (χ2n) is 3.09.